The number of rotatable bonds is 2. The van der Waals surface area contributed by atoms with E-state index in [-0.39, 0.29) is 6.10 Å². The van der Waals surface area contributed by atoms with Crippen LogP contribution in [0.2, 0.25) is 0 Å². The van der Waals surface area contributed by atoms with Crippen LogP contribution >= 0.6 is 0 Å². The zero-order valence-corrected chi connectivity index (χ0v) is 11.0. The van der Waals surface area contributed by atoms with E-state index in [0.717, 1.165) is 32.1 Å². The van der Waals surface area contributed by atoms with Crippen molar-refractivity contribution in [3.8, 4) is 0 Å². The van der Waals surface area contributed by atoms with E-state index in [0.29, 0.717) is 0 Å². The van der Waals surface area contributed by atoms with Gasteiger partial charge >= 0.3 is 12.3 Å². The molecule has 0 unspecified atom stereocenters. The van der Waals surface area contributed by atoms with Gasteiger partial charge in [0.05, 0.1) is 0 Å². The molecule has 0 saturated heterocycles. The lowest BCUT2D eigenvalue weighted by atomic mass is 9.98. The zero-order valence-electron chi connectivity index (χ0n) is 11.0. The van der Waals surface area contributed by atoms with Crippen LogP contribution in [-0.2, 0) is 14.5 Å². The lowest BCUT2D eigenvalue weighted by Gasteiger charge is -2.20. The van der Waals surface area contributed by atoms with Crippen LogP contribution in [0.3, 0.4) is 0 Å². The maximum atomic E-state index is 10.8. The molecule has 1 aliphatic rings. The largest absolute Gasteiger partial charge is 0.550 e. The maximum Gasteiger partial charge on any atom is 0.550 e. The quantitative estimate of drug-likeness (QED) is 0.462. The predicted molar refractivity (Wildman–Crippen MR) is 64.1 cm³/mol. The van der Waals surface area contributed by atoms with Gasteiger partial charge < -0.3 is 9.84 Å². The first-order valence-electron chi connectivity index (χ1n) is 6.38. The minimum atomic E-state index is -1.68. The van der Waals surface area contributed by atoms with E-state index in [9.17, 15) is 9.59 Å². The van der Waals surface area contributed by atoms with Gasteiger partial charge in [-0.15, -0.1) is 0 Å². The SMILES string of the molecule is CCCC.O=C(O)OOC(=O)OC1CCCCC1. The number of carbonyl (C=O) groups is 2. The fraction of sp³-hybridized carbons (Fsp3) is 0.833. The Kier molecular flexibility index (Phi) is 9.81. The fourth-order valence-corrected chi connectivity index (χ4v) is 1.41. The standard InChI is InChI=1S/C8H12O6.C4H10/c9-7(10)13-14-8(11)12-6-4-2-1-3-5-6;1-3-4-2/h6H,1-5H2,(H,9,10);3-4H2,1-2H3. The average molecular weight is 262 g/mol. The highest BCUT2D eigenvalue weighted by Gasteiger charge is 2.19. The summed E-state index contributed by atoms with van der Waals surface area (Å²) in [6.45, 7) is 4.36. The molecule has 0 heterocycles. The van der Waals surface area contributed by atoms with Gasteiger partial charge in [0.2, 0.25) is 0 Å². The third-order valence-corrected chi connectivity index (χ3v) is 2.50. The molecule has 0 bridgehead atoms. The van der Waals surface area contributed by atoms with Crippen molar-refractivity contribution in [3.05, 3.63) is 0 Å². The Morgan fingerprint density at radius 2 is 1.61 bits per heavy atom. The molecule has 1 saturated carbocycles. The highest BCUT2D eigenvalue weighted by atomic mass is 17.3. The fourth-order valence-electron chi connectivity index (χ4n) is 1.41. The number of carboxylic acid groups (broad SMARTS) is 1. The normalized spacial score (nSPS) is 15.0. The van der Waals surface area contributed by atoms with E-state index < -0.39 is 12.3 Å². The van der Waals surface area contributed by atoms with Crippen molar-refractivity contribution in [2.24, 2.45) is 0 Å². The molecule has 0 atom stereocenters. The average Bonchev–Trinajstić information content (AvgIpc) is 2.38. The van der Waals surface area contributed by atoms with Crippen molar-refractivity contribution in [1.29, 1.82) is 0 Å². The topological polar surface area (TPSA) is 82.1 Å². The lowest BCUT2D eigenvalue weighted by molar-refractivity contribution is -0.217. The second-order valence-electron chi connectivity index (χ2n) is 4.06. The molecule has 1 rings (SSSR count). The Balaban J connectivity index is 0.000000631. The Morgan fingerprint density at radius 3 is 2.06 bits per heavy atom. The van der Waals surface area contributed by atoms with E-state index in [1.165, 1.54) is 12.8 Å². The first kappa shape index (κ1) is 16.5. The molecule has 18 heavy (non-hydrogen) atoms. The van der Waals surface area contributed by atoms with Crippen LogP contribution in [0, 0.1) is 0 Å². The molecule has 0 radical (unpaired) electrons. The van der Waals surface area contributed by atoms with Crippen LogP contribution < -0.4 is 0 Å². The summed E-state index contributed by atoms with van der Waals surface area (Å²) in [5, 5.41) is 8.01. The van der Waals surface area contributed by atoms with Crippen LogP contribution in [-0.4, -0.2) is 23.5 Å². The Morgan fingerprint density at radius 1 is 1.06 bits per heavy atom. The third kappa shape index (κ3) is 9.74. The highest BCUT2D eigenvalue weighted by molar-refractivity contribution is 5.62. The van der Waals surface area contributed by atoms with Gasteiger partial charge in [0.25, 0.3) is 0 Å². The summed E-state index contributed by atoms with van der Waals surface area (Å²) in [7, 11) is 0. The lowest BCUT2D eigenvalue weighted by Crippen LogP contribution is -2.22. The smallest absolute Gasteiger partial charge is 0.447 e. The number of hydrogen-bond acceptors (Lipinski definition) is 5. The summed E-state index contributed by atoms with van der Waals surface area (Å²) in [6, 6.07) is 0. The zero-order chi connectivity index (χ0) is 13.8. The van der Waals surface area contributed by atoms with Gasteiger partial charge in [-0.25, -0.2) is 9.68 Å². The van der Waals surface area contributed by atoms with Gasteiger partial charge in [-0.2, -0.15) is 9.68 Å². The van der Waals surface area contributed by atoms with Crippen LogP contribution in [0.5, 0.6) is 0 Å². The molecule has 1 aliphatic carbocycles. The van der Waals surface area contributed by atoms with Gasteiger partial charge in [-0.05, 0) is 25.7 Å². The summed E-state index contributed by atoms with van der Waals surface area (Å²) >= 11 is 0. The van der Waals surface area contributed by atoms with Gasteiger partial charge in [0.15, 0.2) is 0 Å². The molecule has 0 aromatic rings. The minimum absolute atomic E-state index is 0.173. The number of ether oxygens (including phenoxy) is 1. The second-order valence-corrected chi connectivity index (χ2v) is 4.06. The summed E-state index contributed by atoms with van der Waals surface area (Å²) in [5.74, 6) is 0. The highest BCUT2D eigenvalue weighted by Crippen LogP contribution is 2.20. The number of carbonyl (C=O) groups excluding carboxylic acids is 1. The molecule has 106 valence electrons. The van der Waals surface area contributed by atoms with Crippen LogP contribution in [0.15, 0.2) is 0 Å². The summed E-state index contributed by atoms with van der Waals surface area (Å²) < 4.78 is 4.79. The van der Waals surface area contributed by atoms with E-state index in [2.05, 4.69) is 23.6 Å². The number of unbranched alkanes of at least 4 members (excludes halogenated alkanes) is 1. The van der Waals surface area contributed by atoms with Gasteiger partial charge in [0.1, 0.15) is 6.10 Å². The molecular formula is C12H22O6. The molecule has 0 aromatic carbocycles. The summed E-state index contributed by atoms with van der Waals surface area (Å²) in [5.41, 5.74) is 0. The molecule has 0 aromatic heterocycles. The van der Waals surface area contributed by atoms with Crippen molar-refractivity contribution in [2.75, 3.05) is 0 Å². The van der Waals surface area contributed by atoms with Gasteiger partial charge in [-0.1, -0.05) is 33.1 Å². The third-order valence-electron chi connectivity index (χ3n) is 2.50. The Bertz CT molecular complexity index is 233. The first-order chi connectivity index (χ1) is 8.60. The predicted octanol–water partition coefficient (Wildman–Crippen LogP) is 3.89. The Hall–Kier alpha value is -1.46. The molecular weight excluding hydrogens is 240 g/mol. The van der Waals surface area contributed by atoms with Crippen LogP contribution in [0.4, 0.5) is 9.59 Å². The minimum Gasteiger partial charge on any atom is -0.447 e. The summed E-state index contributed by atoms with van der Waals surface area (Å²) in [4.78, 5) is 28.1. The van der Waals surface area contributed by atoms with Crippen molar-refractivity contribution >= 4 is 12.3 Å². The van der Waals surface area contributed by atoms with E-state index in [1.807, 2.05) is 0 Å². The van der Waals surface area contributed by atoms with Crippen molar-refractivity contribution in [1.82, 2.24) is 0 Å². The van der Waals surface area contributed by atoms with Crippen molar-refractivity contribution in [2.45, 2.75) is 64.9 Å². The molecule has 0 spiro atoms. The summed E-state index contributed by atoms with van der Waals surface area (Å²) in [6.07, 6.45) is 4.44. The van der Waals surface area contributed by atoms with Gasteiger partial charge in [0, 0.05) is 0 Å². The molecule has 1 fully saturated rings. The molecule has 0 aliphatic heterocycles. The van der Waals surface area contributed by atoms with Crippen LogP contribution in [0.25, 0.3) is 0 Å². The molecule has 1 N–H and O–H groups in total. The Labute approximate surface area is 107 Å². The molecule has 0 amide bonds. The molecule has 6 nitrogen and oxygen atoms in total. The maximum absolute atomic E-state index is 10.8. The second kappa shape index (κ2) is 10.7. The van der Waals surface area contributed by atoms with E-state index >= 15 is 0 Å². The van der Waals surface area contributed by atoms with Crippen molar-refractivity contribution < 1.29 is 29.2 Å². The molecule has 6 heteroatoms. The van der Waals surface area contributed by atoms with E-state index in [1.54, 1.807) is 0 Å². The monoisotopic (exact) mass is 262 g/mol. The van der Waals surface area contributed by atoms with E-state index in [4.69, 9.17) is 9.84 Å². The van der Waals surface area contributed by atoms with Gasteiger partial charge in [-0.3, -0.25) is 0 Å². The van der Waals surface area contributed by atoms with Crippen molar-refractivity contribution in [3.63, 3.8) is 0 Å². The van der Waals surface area contributed by atoms with Crippen LogP contribution in [0.1, 0.15) is 58.8 Å². The first-order valence-corrected chi connectivity index (χ1v) is 6.38. The number of hydrogen-bond donors (Lipinski definition) is 1.